The highest BCUT2D eigenvalue weighted by Crippen LogP contribution is 2.41. The molecule has 2 aromatic rings. The molecule has 4 rings (SSSR count). The highest BCUT2D eigenvalue weighted by atomic mass is 16.3. The van der Waals surface area contributed by atoms with Crippen molar-refractivity contribution in [3.8, 4) is 0 Å². The number of aliphatic hydroxyl groups is 1. The molecule has 4 heterocycles. The van der Waals surface area contributed by atoms with Crippen LogP contribution in [0.15, 0.2) is 30.6 Å². The zero-order valence-electron chi connectivity index (χ0n) is 17.2. The van der Waals surface area contributed by atoms with E-state index in [4.69, 9.17) is 4.98 Å². The molecule has 2 aliphatic rings. The van der Waals surface area contributed by atoms with E-state index in [9.17, 15) is 9.90 Å². The van der Waals surface area contributed by atoms with Gasteiger partial charge in [0, 0.05) is 56.8 Å². The molecule has 2 saturated heterocycles. The molecule has 1 unspecified atom stereocenters. The molecule has 7 nitrogen and oxygen atoms in total. The molecule has 0 aliphatic carbocycles. The first-order valence-electron chi connectivity index (χ1n) is 10.4. The average Bonchev–Trinajstić information content (AvgIpc) is 2.73. The Morgan fingerprint density at radius 1 is 1.31 bits per heavy atom. The lowest BCUT2D eigenvalue weighted by Crippen LogP contribution is -2.55. The van der Waals surface area contributed by atoms with Crippen LogP contribution in [0.5, 0.6) is 0 Å². The van der Waals surface area contributed by atoms with Crippen molar-refractivity contribution < 1.29 is 9.90 Å². The van der Waals surface area contributed by atoms with Crippen LogP contribution >= 0.6 is 0 Å². The Labute approximate surface area is 171 Å². The summed E-state index contributed by atoms with van der Waals surface area (Å²) in [5.41, 5.74) is 1.54. The van der Waals surface area contributed by atoms with E-state index in [1.54, 1.807) is 24.5 Å². The SMILES string of the molecule is CCc1nc(C)cc(N2CCC3(CC2)CC(O)CN(C(=O)c2cccnc2)C3)n1. The molecule has 2 aromatic heterocycles. The lowest BCUT2D eigenvalue weighted by Gasteiger charge is -2.49. The second-order valence-corrected chi connectivity index (χ2v) is 8.41. The summed E-state index contributed by atoms with van der Waals surface area (Å²) in [4.78, 5) is 30.3. The molecule has 0 aromatic carbocycles. The number of carbonyl (C=O) groups excluding carboxylic acids is 1. The van der Waals surface area contributed by atoms with Crippen LogP contribution in [0.25, 0.3) is 0 Å². The van der Waals surface area contributed by atoms with E-state index in [2.05, 4.69) is 21.8 Å². The van der Waals surface area contributed by atoms with E-state index in [1.165, 1.54) is 0 Å². The molecular weight excluding hydrogens is 366 g/mol. The standard InChI is InChI=1S/C22H29N5O2/c1-3-19-24-16(2)11-20(25-19)26-9-6-22(7-10-26)12-18(28)14-27(15-22)21(29)17-5-4-8-23-13-17/h4-5,8,11,13,18,28H,3,6-7,9-10,12,14-15H2,1-2H3. The minimum absolute atomic E-state index is 0.0400. The second kappa shape index (κ2) is 8.06. The summed E-state index contributed by atoms with van der Waals surface area (Å²) in [5.74, 6) is 1.82. The average molecular weight is 396 g/mol. The third kappa shape index (κ3) is 4.24. The quantitative estimate of drug-likeness (QED) is 0.858. The maximum atomic E-state index is 12.9. The Balaban J connectivity index is 1.47. The van der Waals surface area contributed by atoms with Crippen LogP contribution in [0.2, 0.25) is 0 Å². The van der Waals surface area contributed by atoms with Crippen molar-refractivity contribution >= 4 is 11.7 Å². The van der Waals surface area contributed by atoms with Gasteiger partial charge in [0.05, 0.1) is 11.7 Å². The molecule has 1 spiro atoms. The van der Waals surface area contributed by atoms with Gasteiger partial charge >= 0.3 is 0 Å². The number of aryl methyl sites for hydroxylation is 2. The first-order chi connectivity index (χ1) is 14.0. The highest BCUT2D eigenvalue weighted by molar-refractivity contribution is 5.94. The Bertz CT molecular complexity index is 865. The summed E-state index contributed by atoms with van der Waals surface area (Å²) in [6, 6.07) is 5.61. The van der Waals surface area contributed by atoms with Crippen molar-refractivity contribution in [2.45, 2.75) is 45.6 Å². The van der Waals surface area contributed by atoms with Gasteiger partial charge in [-0.1, -0.05) is 6.92 Å². The lowest BCUT2D eigenvalue weighted by atomic mass is 9.71. The summed E-state index contributed by atoms with van der Waals surface area (Å²) in [6.07, 6.45) is 6.23. The lowest BCUT2D eigenvalue weighted by molar-refractivity contribution is -0.0150. The zero-order chi connectivity index (χ0) is 20.4. The minimum atomic E-state index is -0.482. The van der Waals surface area contributed by atoms with Crippen molar-refractivity contribution in [2.75, 3.05) is 31.1 Å². The van der Waals surface area contributed by atoms with Gasteiger partial charge < -0.3 is 14.9 Å². The number of rotatable bonds is 3. The van der Waals surface area contributed by atoms with Crippen LogP contribution in [0.3, 0.4) is 0 Å². The maximum absolute atomic E-state index is 12.9. The maximum Gasteiger partial charge on any atom is 0.255 e. The number of β-amino-alcohol motifs (C(OH)–C–C–N with tert-alkyl or cyclic N) is 1. The molecule has 2 fully saturated rings. The van der Waals surface area contributed by atoms with Gasteiger partial charge in [0.2, 0.25) is 0 Å². The number of piperidine rings is 2. The topological polar surface area (TPSA) is 82.5 Å². The predicted octanol–water partition coefficient (Wildman–Crippen LogP) is 2.24. The van der Waals surface area contributed by atoms with Crippen molar-refractivity contribution in [1.29, 1.82) is 0 Å². The van der Waals surface area contributed by atoms with Crippen LogP contribution in [0.4, 0.5) is 5.82 Å². The number of anilines is 1. The molecule has 2 aliphatic heterocycles. The van der Waals surface area contributed by atoms with Crippen LogP contribution in [0.1, 0.15) is 48.1 Å². The van der Waals surface area contributed by atoms with Crippen molar-refractivity contribution in [3.63, 3.8) is 0 Å². The third-order valence-electron chi connectivity index (χ3n) is 6.17. The first kappa shape index (κ1) is 19.8. The summed E-state index contributed by atoms with van der Waals surface area (Å²) in [5, 5.41) is 10.5. The number of carbonyl (C=O) groups is 1. The van der Waals surface area contributed by atoms with Gasteiger partial charge in [-0.15, -0.1) is 0 Å². The van der Waals surface area contributed by atoms with Crippen molar-refractivity contribution in [3.05, 3.63) is 47.7 Å². The Morgan fingerprint density at radius 2 is 2.10 bits per heavy atom. The second-order valence-electron chi connectivity index (χ2n) is 8.41. The number of pyridine rings is 1. The molecule has 154 valence electrons. The van der Waals surface area contributed by atoms with Crippen LogP contribution in [0, 0.1) is 12.3 Å². The summed E-state index contributed by atoms with van der Waals surface area (Å²) in [6.45, 7) is 6.91. The number of hydrogen-bond acceptors (Lipinski definition) is 6. The number of hydrogen-bond donors (Lipinski definition) is 1. The predicted molar refractivity (Wildman–Crippen MR) is 111 cm³/mol. The molecule has 0 saturated carbocycles. The summed E-state index contributed by atoms with van der Waals surface area (Å²) >= 11 is 0. The first-order valence-corrected chi connectivity index (χ1v) is 10.4. The molecule has 1 N–H and O–H groups in total. The van der Waals surface area contributed by atoms with E-state index in [0.717, 1.165) is 56.1 Å². The number of likely N-dealkylation sites (tertiary alicyclic amines) is 1. The smallest absolute Gasteiger partial charge is 0.255 e. The third-order valence-corrected chi connectivity index (χ3v) is 6.17. The van der Waals surface area contributed by atoms with Crippen molar-refractivity contribution in [2.24, 2.45) is 5.41 Å². The number of aliphatic hydroxyl groups excluding tert-OH is 1. The van der Waals surface area contributed by atoms with Gasteiger partial charge in [0.15, 0.2) is 0 Å². The molecular formula is C22H29N5O2. The Kier molecular flexibility index (Phi) is 5.50. The molecule has 29 heavy (non-hydrogen) atoms. The molecule has 1 amide bonds. The Morgan fingerprint density at radius 3 is 2.79 bits per heavy atom. The van der Waals surface area contributed by atoms with E-state index < -0.39 is 6.10 Å². The highest BCUT2D eigenvalue weighted by Gasteiger charge is 2.43. The monoisotopic (exact) mass is 395 g/mol. The van der Waals surface area contributed by atoms with Gasteiger partial charge in [0.1, 0.15) is 11.6 Å². The largest absolute Gasteiger partial charge is 0.391 e. The van der Waals surface area contributed by atoms with Gasteiger partial charge in [-0.2, -0.15) is 0 Å². The Hall–Kier alpha value is -2.54. The van der Waals surface area contributed by atoms with Gasteiger partial charge in [-0.25, -0.2) is 9.97 Å². The number of nitrogens with zero attached hydrogens (tertiary/aromatic N) is 5. The minimum Gasteiger partial charge on any atom is -0.391 e. The van der Waals surface area contributed by atoms with Gasteiger partial charge in [-0.05, 0) is 43.7 Å². The van der Waals surface area contributed by atoms with Crippen LogP contribution in [-0.2, 0) is 6.42 Å². The summed E-state index contributed by atoms with van der Waals surface area (Å²) < 4.78 is 0. The molecule has 7 heteroatoms. The molecule has 1 atom stereocenters. The molecule has 0 radical (unpaired) electrons. The van der Waals surface area contributed by atoms with Crippen LogP contribution < -0.4 is 4.90 Å². The fraction of sp³-hybridized carbons (Fsp3) is 0.545. The van der Waals surface area contributed by atoms with Gasteiger partial charge in [-0.3, -0.25) is 9.78 Å². The van der Waals surface area contributed by atoms with Crippen molar-refractivity contribution in [1.82, 2.24) is 19.9 Å². The van der Waals surface area contributed by atoms with E-state index in [1.807, 2.05) is 17.9 Å². The fourth-order valence-electron chi connectivity index (χ4n) is 4.68. The van der Waals surface area contributed by atoms with E-state index in [-0.39, 0.29) is 11.3 Å². The summed E-state index contributed by atoms with van der Waals surface area (Å²) in [7, 11) is 0. The van der Waals surface area contributed by atoms with Gasteiger partial charge in [0.25, 0.3) is 5.91 Å². The van der Waals surface area contributed by atoms with E-state index >= 15 is 0 Å². The fourth-order valence-corrected chi connectivity index (χ4v) is 4.68. The zero-order valence-corrected chi connectivity index (χ0v) is 17.2. The normalized spacial score (nSPS) is 21.4. The number of aromatic nitrogens is 3. The van der Waals surface area contributed by atoms with E-state index in [0.29, 0.717) is 18.7 Å². The number of amides is 1. The van der Waals surface area contributed by atoms with Crippen LogP contribution in [-0.4, -0.2) is 63.1 Å². The molecule has 0 bridgehead atoms.